The van der Waals surface area contributed by atoms with E-state index in [0.29, 0.717) is 4.47 Å². The minimum Gasteiger partial charge on any atom is -0.478 e. The number of hydrogen-bond acceptors (Lipinski definition) is 3. The van der Waals surface area contributed by atoms with Crippen molar-refractivity contribution in [2.75, 3.05) is 5.32 Å². The van der Waals surface area contributed by atoms with Crippen LogP contribution in [0.25, 0.3) is 0 Å². The molecule has 7 nitrogen and oxygen atoms in total. The Balaban J connectivity index is 2.32. The van der Waals surface area contributed by atoms with Crippen LogP contribution in [0.1, 0.15) is 20.8 Å². The number of aromatic carboxylic acids is 1. The Morgan fingerprint density at radius 1 is 1.32 bits per heavy atom. The highest BCUT2D eigenvalue weighted by Gasteiger charge is 2.14. The van der Waals surface area contributed by atoms with E-state index in [-0.39, 0.29) is 16.9 Å². The molecule has 4 N–H and O–H groups in total. The van der Waals surface area contributed by atoms with Crippen LogP contribution in [0.5, 0.6) is 0 Å². The van der Waals surface area contributed by atoms with Crippen LogP contribution in [-0.4, -0.2) is 27.0 Å². The summed E-state index contributed by atoms with van der Waals surface area (Å²) < 4.78 is 0.621. The maximum absolute atomic E-state index is 11.8. The highest BCUT2D eigenvalue weighted by atomic mass is 79.9. The number of aromatic amines is 2. The molecule has 0 unspecified atom stereocenters. The third kappa shape index (κ3) is 2.91. The molecule has 19 heavy (non-hydrogen) atoms. The van der Waals surface area contributed by atoms with E-state index >= 15 is 0 Å². The van der Waals surface area contributed by atoms with Gasteiger partial charge in [-0.25, -0.2) is 9.59 Å². The number of imidazole rings is 1. The first-order valence-electron chi connectivity index (χ1n) is 5.09. The van der Waals surface area contributed by atoms with Crippen LogP contribution in [0.3, 0.4) is 0 Å². The van der Waals surface area contributed by atoms with Crippen LogP contribution >= 0.6 is 15.9 Å². The molecular weight excluding hydrogens is 318 g/mol. The maximum atomic E-state index is 11.8. The first-order chi connectivity index (χ1) is 8.97. The van der Waals surface area contributed by atoms with E-state index in [1.165, 1.54) is 18.3 Å². The van der Waals surface area contributed by atoms with Gasteiger partial charge >= 0.3 is 11.7 Å². The highest BCUT2D eigenvalue weighted by Crippen LogP contribution is 2.22. The van der Waals surface area contributed by atoms with Crippen molar-refractivity contribution in [3.8, 4) is 0 Å². The van der Waals surface area contributed by atoms with E-state index in [4.69, 9.17) is 5.11 Å². The lowest BCUT2D eigenvalue weighted by Crippen LogP contribution is -2.16. The molecule has 0 saturated carbocycles. The average molecular weight is 326 g/mol. The molecule has 98 valence electrons. The van der Waals surface area contributed by atoms with E-state index < -0.39 is 17.6 Å². The number of halogens is 1. The first kappa shape index (κ1) is 13.1. The molecule has 0 spiro atoms. The Morgan fingerprint density at radius 2 is 2.05 bits per heavy atom. The Morgan fingerprint density at radius 3 is 2.63 bits per heavy atom. The fourth-order valence-electron chi connectivity index (χ4n) is 1.45. The SMILES string of the molecule is O=C(Nc1cc(Br)ccc1C(=O)O)c1c[nH]c(=O)[nH]1. The number of rotatable bonds is 3. The standard InChI is InChI=1S/C11H8BrN3O4/c12-5-1-2-6(10(17)18)7(3-5)14-9(16)8-4-13-11(19)15-8/h1-4H,(H,14,16)(H,17,18)(H2,13,15,19). The van der Waals surface area contributed by atoms with E-state index in [2.05, 4.69) is 31.2 Å². The van der Waals surface area contributed by atoms with Gasteiger partial charge in [-0.2, -0.15) is 0 Å². The molecule has 0 saturated heterocycles. The lowest BCUT2D eigenvalue weighted by atomic mass is 10.2. The van der Waals surface area contributed by atoms with Crippen LogP contribution in [-0.2, 0) is 0 Å². The number of benzene rings is 1. The van der Waals surface area contributed by atoms with E-state index in [1.807, 2.05) is 0 Å². The Labute approximate surface area is 114 Å². The number of anilines is 1. The van der Waals surface area contributed by atoms with E-state index in [0.717, 1.165) is 0 Å². The predicted octanol–water partition coefficient (Wildman–Crippen LogP) is 1.42. The fourth-order valence-corrected chi connectivity index (χ4v) is 1.81. The lowest BCUT2D eigenvalue weighted by molar-refractivity contribution is 0.0698. The van der Waals surface area contributed by atoms with Crippen molar-refractivity contribution in [2.24, 2.45) is 0 Å². The van der Waals surface area contributed by atoms with Gasteiger partial charge in [0, 0.05) is 10.7 Å². The van der Waals surface area contributed by atoms with Crippen LogP contribution < -0.4 is 11.0 Å². The molecule has 0 aliphatic carbocycles. The van der Waals surface area contributed by atoms with Gasteiger partial charge in [0.2, 0.25) is 0 Å². The van der Waals surface area contributed by atoms with Crippen molar-refractivity contribution < 1.29 is 14.7 Å². The summed E-state index contributed by atoms with van der Waals surface area (Å²) in [6.45, 7) is 0. The quantitative estimate of drug-likeness (QED) is 0.683. The smallest absolute Gasteiger partial charge is 0.337 e. The van der Waals surface area contributed by atoms with Crippen molar-refractivity contribution in [1.82, 2.24) is 9.97 Å². The van der Waals surface area contributed by atoms with Gasteiger partial charge in [-0.05, 0) is 18.2 Å². The zero-order valence-corrected chi connectivity index (χ0v) is 10.9. The summed E-state index contributed by atoms with van der Waals surface area (Å²) in [5, 5.41) is 11.4. The van der Waals surface area contributed by atoms with Crippen molar-refractivity contribution in [1.29, 1.82) is 0 Å². The summed E-state index contributed by atoms with van der Waals surface area (Å²) in [4.78, 5) is 38.3. The molecule has 1 amide bonds. The number of nitrogens with one attached hydrogen (secondary N) is 3. The summed E-state index contributed by atoms with van der Waals surface area (Å²) in [6.07, 6.45) is 1.20. The molecular formula is C11H8BrN3O4. The fraction of sp³-hybridized carbons (Fsp3) is 0. The van der Waals surface area contributed by atoms with E-state index in [1.54, 1.807) is 6.07 Å². The normalized spacial score (nSPS) is 10.2. The minimum absolute atomic E-state index is 0.0151. The number of amides is 1. The van der Waals surface area contributed by atoms with Gasteiger partial charge in [-0.1, -0.05) is 15.9 Å². The van der Waals surface area contributed by atoms with Gasteiger partial charge in [0.25, 0.3) is 5.91 Å². The molecule has 0 aliphatic heterocycles. The zero-order valence-electron chi connectivity index (χ0n) is 9.36. The van der Waals surface area contributed by atoms with Crippen molar-refractivity contribution in [3.05, 3.63) is 50.6 Å². The van der Waals surface area contributed by atoms with Gasteiger partial charge in [0.05, 0.1) is 11.3 Å². The Hall–Kier alpha value is -2.35. The summed E-state index contributed by atoms with van der Waals surface area (Å²) in [5.41, 5.74) is -0.414. The molecule has 0 aliphatic rings. The highest BCUT2D eigenvalue weighted by molar-refractivity contribution is 9.10. The largest absolute Gasteiger partial charge is 0.478 e. The van der Waals surface area contributed by atoms with Crippen LogP contribution in [0.2, 0.25) is 0 Å². The molecule has 2 rings (SSSR count). The molecule has 1 aromatic carbocycles. The number of carbonyl (C=O) groups is 2. The summed E-state index contributed by atoms with van der Waals surface area (Å²) in [6, 6.07) is 4.38. The second-order valence-electron chi connectivity index (χ2n) is 3.61. The molecule has 2 aromatic rings. The number of aromatic nitrogens is 2. The number of carboxylic acid groups (broad SMARTS) is 1. The molecule has 0 fully saturated rings. The lowest BCUT2D eigenvalue weighted by Gasteiger charge is -2.07. The number of H-pyrrole nitrogens is 2. The zero-order chi connectivity index (χ0) is 14.0. The second-order valence-corrected chi connectivity index (χ2v) is 4.52. The molecule has 0 atom stereocenters. The van der Waals surface area contributed by atoms with Crippen molar-refractivity contribution >= 4 is 33.5 Å². The predicted molar refractivity (Wildman–Crippen MR) is 70.5 cm³/mol. The van der Waals surface area contributed by atoms with Crippen LogP contribution in [0, 0.1) is 0 Å². The number of carboxylic acids is 1. The van der Waals surface area contributed by atoms with Crippen molar-refractivity contribution in [2.45, 2.75) is 0 Å². The van der Waals surface area contributed by atoms with Gasteiger partial charge in [0.15, 0.2) is 0 Å². The monoisotopic (exact) mass is 325 g/mol. The third-order valence-corrected chi connectivity index (χ3v) is 2.79. The van der Waals surface area contributed by atoms with Gasteiger partial charge in [0.1, 0.15) is 5.69 Å². The van der Waals surface area contributed by atoms with Crippen LogP contribution in [0.15, 0.2) is 33.7 Å². The number of carbonyl (C=O) groups excluding carboxylic acids is 1. The maximum Gasteiger partial charge on any atom is 0.337 e. The van der Waals surface area contributed by atoms with Crippen molar-refractivity contribution in [3.63, 3.8) is 0 Å². The second kappa shape index (κ2) is 5.11. The Kier molecular flexibility index (Phi) is 3.52. The Bertz CT molecular complexity index is 704. The molecule has 0 radical (unpaired) electrons. The molecule has 8 heteroatoms. The summed E-state index contributed by atoms with van der Waals surface area (Å²) in [5.74, 6) is -1.77. The number of hydrogen-bond donors (Lipinski definition) is 4. The van der Waals surface area contributed by atoms with E-state index in [9.17, 15) is 14.4 Å². The summed E-state index contributed by atoms with van der Waals surface area (Å²) >= 11 is 3.19. The summed E-state index contributed by atoms with van der Waals surface area (Å²) in [7, 11) is 0. The van der Waals surface area contributed by atoms with Crippen LogP contribution in [0.4, 0.5) is 5.69 Å². The first-order valence-corrected chi connectivity index (χ1v) is 5.88. The molecule has 1 aromatic heterocycles. The molecule has 1 heterocycles. The van der Waals surface area contributed by atoms with Gasteiger partial charge < -0.3 is 20.4 Å². The average Bonchev–Trinajstić information content (AvgIpc) is 2.75. The third-order valence-electron chi connectivity index (χ3n) is 2.30. The topological polar surface area (TPSA) is 115 Å². The van der Waals surface area contributed by atoms with Gasteiger partial charge in [-0.15, -0.1) is 0 Å². The minimum atomic E-state index is -1.16. The van der Waals surface area contributed by atoms with Gasteiger partial charge in [-0.3, -0.25) is 4.79 Å². The molecule has 0 bridgehead atoms.